The first-order valence-corrected chi connectivity index (χ1v) is 9.39. The number of benzene rings is 4. The molecule has 4 aromatic carbocycles. The van der Waals surface area contributed by atoms with Gasteiger partial charge >= 0.3 is 0 Å². The van der Waals surface area contributed by atoms with Gasteiger partial charge in [0, 0.05) is 23.0 Å². The SMILES string of the molecule is COc1ccc(C=NC(c2ccccc2N)c2c(O)ccc3ccccc23)cc1. The van der Waals surface area contributed by atoms with Crippen molar-refractivity contribution in [2.45, 2.75) is 6.04 Å². The molecule has 4 heteroatoms. The summed E-state index contributed by atoms with van der Waals surface area (Å²) in [7, 11) is 1.64. The number of hydrogen-bond acceptors (Lipinski definition) is 4. The van der Waals surface area contributed by atoms with Crippen LogP contribution in [0.3, 0.4) is 0 Å². The van der Waals surface area contributed by atoms with E-state index in [1.165, 1.54) is 0 Å². The Balaban J connectivity index is 1.87. The quantitative estimate of drug-likeness (QED) is 0.361. The fourth-order valence-corrected chi connectivity index (χ4v) is 3.49. The summed E-state index contributed by atoms with van der Waals surface area (Å²) in [5.74, 6) is 0.988. The Bertz CT molecular complexity index is 1170. The summed E-state index contributed by atoms with van der Waals surface area (Å²) in [5.41, 5.74) is 9.45. The number of phenolic OH excluding ortho intramolecular Hbond substituents is 1. The van der Waals surface area contributed by atoms with E-state index in [0.29, 0.717) is 5.69 Å². The van der Waals surface area contributed by atoms with Gasteiger partial charge in [0.25, 0.3) is 0 Å². The minimum absolute atomic E-state index is 0.198. The smallest absolute Gasteiger partial charge is 0.121 e. The van der Waals surface area contributed by atoms with Crippen molar-refractivity contribution in [3.8, 4) is 11.5 Å². The Morgan fingerprint density at radius 1 is 0.897 bits per heavy atom. The Hall–Kier alpha value is -3.79. The van der Waals surface area contributed by atoms with Crippen LogP contribution in [-0.2, 0) is 0 Å². The topological polar surface area (TPSA) is 67.8 Å². The number of aliphatic imine (C=N–C) groups is 1. The van der Waals surface area contributed by atoms with Crippen LogP contribution in [0, 0.1) is 0 Å². The average Bonchev–Trinajstić information content (AvgIpc) is 2.76. The molecule has 29 heavy (non-hydrogen) atoms. The molecule has 0 amide bonds. The second-order valence-electron chi connectivity index (χ2n) is 6.80. The Morgan fingerprint density at radius 3 is 2.38 bits per heavy atom. The van der Waals surface area contributed by atoms with Crippen LogP contribution in [0.1, 0.15) is 22.7 Å². The lowest BCUT2D eigenvalue weighted by Gasteiger charge is -2.19. The van der Waals surface area contributed by atoms with Crippen molar-refractivity contribution >= 4 is 22.7 Å². The zero-order chi connectivity index (χ0) is 20.2. The Labute approximate surface area is 169 Å². The van der Waals surface area contributed by atoms with Crippen LogP contribution >= 0.6 is 0 Å². The first-order chi connectivity index (χ1) is 14.2. The van der Waals surface area contributed by atoms with Gasteiger partial charge in [-0.3, -0.25) is 4.99 Å². The first-order valence-electron chi connectivity index (χ1n) is 9.39. The molecule has 0 saturated carbocycles. The van der Waals surface area contributed by atoms with Crippen molar-refractivity contribution in [2.24, 2.45) is 4.99 Å². The number of ether oxygens (including phenoxy) is 1. The molecule has 1 unspecified atom stereocenters. The molecule has 0 saturated heterocycles. The second-order valence-corrected chi connectivity index (χ2v) is 6.80. The summed E-state index contributed by atoms with van der Waals surface area (Å²) in [4.78, 5) is 4.86. The second kappa shape index (κ2) is 8.07. The molecule has 0 aliphatic carbocycles. The molecule has 0 aromatic heterocycles. The number of para-hydroxylation sites is 1. The lowest BCUT2D eigenvalue weighted by Crippen LogP contribution is -2.04. The number of fused-ring (bicyclic) bond motifs is 1. The molecule has 0 radical (unpaired) electrons. The van der Waals surface area contributed by atoms with E-state index in [9.17, 15) is 5.11 Å². The van der Waals surface area contributed by atoms with Crippen LogP contribution in [0.4, 0.5) is 5.69 Å². The molecule has 0 fully saturated rings. The maximum Gasteiger partial charge on any atom is 0.121 e. The molecule has 4 nitrogen and oxygen atoms in total. The largest absolute Gasteiger partial charge is 0.508 e. The first kappa shape index (κ1) is 18.6. The van der Waals surface area contributed by atoms with Crippen LogP contribution in [0.25, 0.3) is 10.8 Å². The van der Waals surface area contributed by atoms with Crippen molar-refractivity contribution in [2.75, 3.05) is 12.8 Å². The maximum atomic E-state index is 10.8. The summed E-state index contributed by atoms with van der Waals surface area (Å²) < 4.78 is 5.22. The van der Waals surface area contributed by atoms with Gasteiger partial charge in [0.2, 0.25) is 0 Å². The highest BCUT2D eigenvalue weighted by Gasteiger charge is 2.21. The van der Waals surface area contributed by atoms with Crippen molar-refractivity contribution in [3.63, 3.8) is 0 Å². The van der Waals surface area contributed by atoms with Gasteiger partial charge in [-0.2, -0.15) is 0 Å². The number of nitrogens with two attached hydrogens (primary N) is 1. The lowest BCUT2D eigenvalue weighted by molar-refractivity contribution is 0.415. The normalized spacial score (nSPS) is 12.3. The molecule has 0 heterocycles. The number of aromatic hydroxyl groups is 1. The maximum absolute atomic E-state index is 10.8. The van der Waals surface area contributed by atoms with Crippen molar-refractivity contribution in [1.82, 2.24) is 0 Å². The molecule has 3 N–H and O–H groups in total. The van der Waals surface area contributed by atoms with Crippen LogP contribution in [0.15, 0.2) is 89.9 Å². The van der Waals surface area contributed by atoms with Gasteiger partial charge in [0.15, 0.2) is 0 Å². The third-order valence-electron chi connectivity index (χ3n) is 5.00. The van der Waals surface area contributed by atoms with Crippen LogP contribution in [0.5, 0.6) is 11.5 Å². The molecule has 0 spiro atoms. The van der Waals surface area contributed by atoms with Crippen LogP contribution in [-0.4, -0.2) is 18.4 Å². The van der Waals surface area contributed by atoms with Crippen molar-refractivity contribution < 1.29 is 9.84 Å². The van der Waals surface area contributed by atoms with Gasteiger partial charge in [0.1, 0.15) is 17.5 Å². The van der Waals surface area contributed by atoms with Gasteiger partial charge < -0.3 is 15.6 Å². The number of nitrogens with zero attached hydrogens (tertiary/aromatic N) is 1. The van der Waals surface area contributed by atoms with E-state index in [0.717, 1.165) is 33.2 Å². The van der Waals surface area contributed by atoms with Gasteiger partial charge in [0.05, 0.1) is 7.11 Å². The third-order valence-corrected chi connectivity index (χ3v) is 5.00. The Morgan fingerprint density at radius 2 is 1.62 bits per heavy atom. The predicted molar refractivity (Wildman–Crippen MR) is 119 cm³/mol. The van der Waals surface area contributed by atoms with E-state index in [2.05, 4.69) is 0 Å². The molecule has 144 valence electrons. The monoisotopic (exact) mass is 382 g/mol. The molecule has 0 bridgehead atoms. The van der Waals surface area contributed by atoms with Crippen LogP contribution < -0.4 is 10.5 Å². The molecule has 0 aliphatic rings. The Kier molecular flexibility index (Phi) is 5.16. The number of nitrogen functional groups attached to an aromatic ring is 1. The predicted octanol–water partition coefficient (Wildman–Crippen LogP) is 5.34. The minimum atomic E-state index is -0.440. The lowest BCUT2D eigenvalue weighted by atomic mass is 9.92. The third kappa shape index (κ3) is 3.78. The van der Waals surface area contributed by atoms with E-state index in [1.54, 1.807) is 19.4 Å². The van der Waals surface area contributed by atoms with E-state index >= 15 is 0 Å². The average molecular weight is 382 g/mol. The van der Waals surface area contributed by atoms with Crippen LogP contribution in [0.2, 0.25) is 0 Å². The molecule has 4 rings (SSSR count). The number of anilines is 1. The van der Waals surface area contributed by atoms with E-state index < -0.39 is 6.04 Å². The highest BCUT2D eigenvalue weighted by molar-refractivity contribution is 5.89. The zero-order valence-corrected chi connectivity index (χ0v) is 16.1. The fraction of sp³-hybridized carbons (Fsp3) is 0.0800. The minimum Gasteiger partial charge on any atom is -0.508 e. The van der Waals surface area contributed by atoms with E-state index in [4.69, 9.17) is 15.5 Å². The fourth-order valence-electron chi connectivity index (χ4n) is 3.49. The standard InChI is InChI=1S/C25H22N2O2/c1-29-19-13-10-17(11-14-19)16-27-25(21-8-4-5-9-22(21)26)24-20-7-3-2-6-18(20)12-15-23(24)28/h2-16,25,28H,26H2,1H3. The number of methoxy groups -OCH3 is 1. The van der Waals surface area contributed by atoms with Gasteiger partial charge in [-0.25, -0.2) is 0 Å². The van der Waals surface area contributed by atoms with Gasteiger partial charge in [-0.05, 0) is 52.7 Å². The van der Waals surface area contributed by atoms with Gasteiger partial charge in [-0.15, -0.1) is 0 Å². The molecule has 4 aromatic rings. The van der Waals surface area contributed by atoms with Gasteiger partial charge in [-0.1, -0.05) is 48.5 Å². The summed E-state index contributed by atoms with van der Waals surface area (Å²) in [6, 6.07) is 26.5. The van der Waals surface area contributed by atoms with Crippen molar-refractivity contribution in [1.29, 1.82) is 0 Å². The number of phenols is 1. The molecular weight excluding hydrogens is 360 g/mol. The summed E-state index contributed by atoms with van der Waals surface area (Å²) in [6.07, 6.45) is 1.80. The molecule has 1 atom stereocenters. The number of hydrogen-bond donors (Lipinski definition) is 2. The van der Waals surface area contributed by atoms with Crippen molar-refractivity contribution in [3.05, 3.63) is 102 Å². The molecular formula is C25H22N2O2. The summed E-state index contributed by atoms with van der Waals surface area (Å²) in [5, 5.41) is 12.8. The zero-order valence-electron chi connectivity index (χ0n) is 16.1. The number of rotatable bonds is 5. The summed E-state index contributed by atoms with van der Waals surface area (Å²) in [6.45, 7) is 0. The van der Waals surface area contributed by atoms with E-state index in [-0.39, 0.29) is 5.75 Å². The highest BCUT2D eigenvalue weighted by Crippen LogP contribution is 2.39. The summed E-state index contributed by atoms with van der Waals surface area (Å²) >= 11 is 0. The highest BCUT2D eigenvalue weighted by atomic mass is 16.5. The van der Waals surface area contributed by atoms with E-state index in [1.807, 2.05) is 78.9 Å². The molecule has 0 aliphatic heterocycles.